The molecular formula is C17H28N2O2. The molecule has 0 unspecified atom stereocenters. The first kappa shape index (κ1) is 16.1. The van der Waals surface area contributed by atoms with Crippen molar-refractivity contribution in [3.05, 3.63) is 22.8 Å². The summed E-state index contributed by atoms with van der Waals surface area (Å²) in [6.45, 7) is 9.35. The van der Waals surface area contributed by atoms with Crippen LogP contribution < -0.4 is 14.8 Å². The minimum atomic E-state index is 0.831. The smallest absolute Gasteiger partial charge is 0.127 e. The van der Waals surface area contributed by atoms with Gasteiger partial charge in [-0.05, 0) is 32.0 Å². The van der Waals surface area contributed by atoms with Crippen molar-refractivity contribution >= 4 is 0 Å². The van der Waals surface area contributed by atoms with Gasteiger partial charge in [0.2, 0.25) is 0 Å². The Hall–Kier alpha value is -1.26. The fourth-order valence-corrected chi connectivity index (χ4v) is 3.04. The number of nitrogens with one attached hydrogen (secondary N) is 1. The molecule has 1 aliphatic heterocycles. The Morgan fingerprint density at radius 2 is 2.00 bits per heavy atom. The third-order valence-corrected chi connectivity index (χ3v) is 4.21. The molecule has 1 aromatic rings. The lowest BCUT2D eigenvalue weighted by Gasteiger charge is -2.31. The molecule has 21 heavy (non-hydrogen) atoms. The molecule has 1 heterocycles. The average Bonchev–Trinajstić information content (AvgIpc) is 2.53. The van der Waals surface area contributed by atoms with Gasteiger partial charge in [0.15, 0.2) is 0 Å². The third-order valence-electron chi connectivity index (χ3n) is 4.21. The van der Waals surface area contributed by atoms with Crippen LogP contribution in [0.25, 0.3) is 0 Å². The predicted molar refractivity (Wildman–Crippen MR) is 86.2 cm³/mol. The van der Waals surface area contributed by atoms with Gasteiger partial charge in [-0.15, -0.1) is 0 Å². The van der Waals surface area contributed by atoms with Gasteiger partial charge >= 0.3 is 0 Å². The first-order valence-electron chi connectivity index (χ1n) is 7.93. The van der Waals surface area contributed by atoms with Crippen LogP contribution in [0.1, 0.15) is 37.0 Å². The summed E-state index contributed by atoms with van der Waals surface area (Å²) in [6, 6.07) is 2.14. The number of nitrogens with zero attached hydrogens (tertiary/aromatic N) is 1. The quantitative estimate of drug-likeness (QED) is 0.783. The van der Waals surface area contributed by atoms with E-state index in [0.717, 1.165) is 57.1 Å². The van der Waals surface area contributed by atoms with Crippen LogP contribution in [0, 0.1) is 0 Å². The normalized spacial score (nSPS) is 14.9. The van der Waals surface area contributed by atoms with Crippen molar-refractivity contribution in [1.82, 2.24) is 10.2 Å². The first-order valence-corrected chi connectivity index (χ1v) is 7.93. The molecule has 1 aliphatic rings. The largest absolute Gasteiger partial charge is 0.496 e. The van der Waals surface area contributed by atoms with Crippen LogP contribution in [0.15, 0.2) is 6.07 Å². The van der Waals surface area contributed by atoms with Gasteiger partial charge in [-0.25, -0.2) is 0 Å². The molecule has 0 aliphatic carbocycles. The molecule has 4 heteroatoms. The fourth-order valence-electron chi connectivity index (χ4n) is 3.04. The van der Waals surface area contributed by atoms with Gasteiger partial charge in [-0.1, -0.05) is 13.8 Å². The van der Waals surface area contributed by atoms with E-state index in [4.69, 9.17) is 9.47 Å². The lowest BCUT2D eigenvalue weighted by Crippen LogP contribution is -2.31. The van der Waals surface area contributed by atoms with E-state index in [1.165, 1.54) is 16.7 Å². The highest BCUT2D eigenvalue weighted by Crippen LogP contribution is 2.37. The predicted octanol–water partition coefficient (Wildman–Crippen LogP) is 2.58. The number of hydrogen-bond donors (Lipinski definition) is 1. The summed E-state index contributed by atoms with van der Waals surface area (Å²) in [6.07, 6.45) is 2.17. The molecule has 0 aromatic heterocycles. The molecule has 0 fully saturated rings. The van der Waals surface area contributed by atoms with E-state index in [-0.39, 0.29) is 0 Å². The molecule has 0 spiro atoms. The summed E-state index contributed by atoms with van der Waals surface area (Å²) in [7, 11) is 3.54. The molecule has 0 bridgehead atoms. The molecule has 4 nitrogen and oxygen atoms in total. The van der Waals surface area contributed by atoms with Gasteiger partial charge in [0.25, 0.3) is 0 Å². The van der Waals surface area contributed by atoms with Crippen molar-refractivity contribution in [2.45, 2.75) is 39.8 Å². The Morgan fingerprint density at radius 3 is 2.62 bits per heavy atom. The molecular weight excluding hydrogens is 264 g/mol. The van der Waals surface area contributed by atoms with E-state index in [9.17, 15) is 0 Å². The Labute approximate surface area is 128 Å². The summed E-state index contributed by atoms with van der Waals surface area (Å²) in [5, 5.41) is 3.46. The van der Waals surface area contributed by atoms with Gasteiger partial charge in [-0.2, -0.15) is 0 Å². The van der Waals surface area contributed by atoms with Crippen molar-refractivity contribution in [3.8, 4) is 11.5 Å². The topological polar surface area (TPSA) is 33.7 Å². The zero-order chi connectivity index (χ0) is 15.2. The Kier molecular flexibility index (Phi) is 5.88. The first-order chi connectivity index (χ1) is 10.2. The van der Waals surface area contributed by atoms with Crippen LogP contribution in [-0.4, -0.2) is 38.8 Å². The zero-order valence-electron chi connectivity index (χ0n) is 13.8. The van der Waals surface area contributed by atoms with Crippen LogP contribution in [0.4, 0.5) is 0 Å². The van der Waals surface area contributed by atoms with E-state index < -0.39 is 0 Å². The van der Waals surface area contributed by atoms with E-state index in [2.05, 4.69) is 30.1 Å². The standard InChI is InChI=1S/C17H28N2O2/c1-5-8-18-11-13-10-16(20-3)15-12-19(6-2)9-7-14(15)17(13)21-4/h10,18H,5-9,11-12H2,1-4H3. The molecule has 0 radical (unpaired) electrons. The number of ether oxygens (including phenoxy) is 2. The summed E-state index contributed by atoms with van der Waals surface area (Å²) < 4.78 is 11.4. The maximum absolute atomic E-state index is 5.73. The second-order valence-corrected chi connectivity index (χ2v) is 5.52. The van der Waals surface area contributed by atoms with Gasteiger partial charge in [0.1, 0.15) is 11.5 Å². The maximum Gasteiger partial charge on any atom is 0.127 e. The SMILES string of the molecule is CCCNCc1cc(OC)c2c(c1OC)CCN(CC)C2. The van der Waals surface area contributed by atoms with E-state index in [1.807, 2.05) is 0 Å². The van der Waals surface area contributed by atoms with Crippen molar-refractivity contribution in [1.29, 1.82) is 0 Å². The Morgan fingerprint density at radius 1 is 1.19 bits per heavy atom. The van der Waals surface area contributed by atoms with Crippen LogP contribution in [0.5, 0.6) is 11.5 Å². The van der Waals surface area contributed by atoms with Gasteiger partial charge < -0.3 is 14.8 Å². The van der Waals surface area contributed by atoms with E-state index >= 15 is 0 Å². The van der Waals surface area contributed by atoms with Crippen LogP contribution >= 0.6 is 0 Å². The lowest BCUT2D eigenvalue weighted by molar-refractivity contribution is 0.257. The molecule has 0 saturated carbocycles. The maximum atomic E-state index is 5.73. The van der Waals surface area contributed by atoms with E-state index in [1.54, 1.807) is 14.2 Å². The highest BCUT2D eigenvalue weighted by molar-refractivity contribution is 5.54. The number of methoxy groups -OCH3 is 2. The highest BCUT2D eigenvalue weighted by Gasteiger charge is 2.24. The zero-order valence-corrected chi connectivity index (χ0v) is 13.8. The Balaban J connectivity index is 2.36. The highest BCUT2D eigenvalue weighted by atomic mass is 16.5. The molecule has 0 atom stereocenters. The molecule has 118 valence electrons. The van der Waals surface area contributed by atoms with Gasteiger partial charge in [-0.3, -0.25) is 4.90 Å². The minimum absolute atomic E-state index is 0.831. The Bertz CT molecular complexity index is 474. The fraction of sp³-hybridized carbons (Fsp3) is 0.647. The monoisotopic (exact) mass is 292 g/mol. The van der Waals surface area contributed by atoms with E-state index in [0.29, 0.717) is 0 Å². The number of hydrogen-bond acceptors (Lipinski definition) is 4. The second-order valence-electron chi connectivity index (χ2n) is 5.52. The third kappa shape index (κ3) is 3.50. The van der Waals surface area contributed by atoms with Crippen molar-refractivity contribution in [2.24, 2.45) is 0 Å². The molecule has 1 N–H and O–H groups in total. The minimum Gasteiger partial charge on any atom is -0.496 e. The lowest BCUT2D eigenvalue weighted by atomic mass is 9.94. The van der Waals surface area contributed by atoms with Crippen molar-refractivity contribution in [2.75, 3.05) is 33.9 Å². The summed E-state index contributed by atoms with van der Waals surface area (Å²) in [4.78, 5) is 2.44. The molecule has 0 saturated heterocycles. The number of likely N-dealkylation sites (N-methyl/N-ethyl adjacent to an activating group) is 1. The summed E-state index contributed by atoms with van der Waals surface area (Å²) in [5.74, 6) is 2.04. The summed E-state index contributed by atoms with van der Waals surface area (Å²) >= 11 is 0. The van der Waals surface area contributed by atoms with Crippen LogP contribution in [0.2, 0.25) is 0 Å². The summed E-state index contributed by atoms with van der Waals surface area (Å²) in [5.41, 5.74) is 3.82. The van der Waals surface area contributed by atoms with Crippen LogP contribution in [0.3, 0.4) is 0 Å². The van der Waals surface area contributed by atoms with Crippen molar-refractivity contribution < 1.29 is 9.47 Å². The van der Waals surface area contributed by atoms with Gasteiger partial charge in [0, 0.05) is 36.3 Å². The number of rotatable bonds is 7. The average molecular weight is 292 g/mol. The molecule has 2 rings (SSSR count). The van der Waals surface area contributed by atoms with Crippen molar-refractivity contribution in [3.63, 3.8) is 0 Å². The van der Waals surface area contributed by atoms with Gasteiger partial charge in [0.05, 0.1) is 14.2 Å². The second kappa shape index (κ2) is 7.66. The number of fused-ring (bicyclic) bond motifs is 1. The van der Waals surface area contributed by atoms with Crippen LogP contribution in [-0.2, 0) is 19.5 Å². The molecule has 0 amide bonds. The molecule has 1 aromatic carbocycles. The number of benzene rings is 1.